The molecule has 4 nitrogen and oxygen atoms in total. The molecule has 0 aromatic heterocycles. The van der Waals surface area contributed by atoms with Crippen molar-refractivity contribution in [1.82, 2.24) is 0 Å². The lowest BCUT2D eigenvalue weighted by molar-refractivity contribution is 0.600. The summed E-state index contributed by atoms with van der Waals surface area (Å²) in [5.41, 5.74) is 1.30. The van der Waals surface area contributed by atoms with Crippen molar-refractivity contribution >= 4 is 55.7 Å². The molecule has 4 rings (SSSR count). The molecular weight excluding hydrogens is 430 g/mol. The summed E-state index contributed by atoms with van der Waals surface area (Å²) in [5.74, 6) is 0.142. The van der Waals surface area contributed by atoms with Crippen LogP contribution < -0.4 is 4.90 Å². The Morgan fingerprint density at radius 3 is 2.67 bits per heavy atom. The third-order valence-electron chi connectivity index (χ3n) is 4.57. The van der Waals surface area contributed by atoms with E-state index in [4.69, 9.17) is 23.2 Å². The van der Waals surface area contributed by atoms with Crippen molar-refractivity contribution in [3.63, 3.8) is 0 Å². The first kappa shape index (κ1) is 19.1. The summed E-state index contributed by atoms with van der Waals surface area (Å²) in [6, 6.07) is 11.0. The van der Waals surface area contributed by atoms with E-state index in [1.54, 1.807) is 35.2 Å². The Morgan fingerprint density at radius 2 is 1.93 bits per heavy atom. The van der Waals surface area contributed by atoms with Crippen molar-refractivity contribution in [2.75, 3.05) is 16.4 Å². The molecule has 2 aliphatic heterocycles. The SMILES string of the molecule is O=S1(=O)CC2N=C(SCc3ccc(Cl)c(Cl)c3)N(c3ccccc3F)C2C1. The Kier molecular flexibility index (Phi) is 5.14. The Labute approximate surface area is 171 Å². The predicted octanol–water partition coefficient (Wildman–Crippen LogP) is 4.41. The number of hydrogen-bond donors (Lipinski definition) is 0. The van der Waals surface area contributed by atoms with Crippen molar-refractivity contribution in [2.45, 2.75) is 17.8 Å². The summed E-state index contributed by atoms with van der Waals surface area (Å²) < 4.78 is 38.5. The van der Waals surface area contributed by atoms with Gasteiger partial charge in [-0.2, -0.15) is 0 Å². The summed E-state index contributed by atoms with van der Waals surface area (Å²) in [7, 11) is -3.17. The molecule has 1 saturated heterocycles. The number of thioether (sulfide) groups is 1. The highest BCUT2D eigenvalue weighted by Gasteiger charge is 2.47. The molecule has 142 valence electrons. The third kappa shape index (κ3) is 3.83. The summed E-state index contributed by atoms with van der Waals surface area (Å²) >= 11 is 13.4. The lowest BCUT2D eigenvalue weighted by Crippen LogP contribution is -2.39. The molecule has 27 heavy (non-hydrogen) atoms. The van der Waals surface area contributed by atoms with Crippen molar-refractivity contribution in [3.05, 3.63) is 63.9 Å². The molecule has 0 saturated carbocycles. The van der Waals surface area contributed by atoms with E-state index in [1.165, 1.54) is 17.8 Å². The van der Waals surface area contributed by atoms with E-state index in [0.717, 1.165) is 5.56 Å². The number of hydrogen-bond acceptors (Lipinski definition) is 5. The van der Waals surface area contributed by atoms with Gasteiger partial charge >= 0.3 is 0 Å². The average molecular weight is 445 g/mol. The van der Waals surface area contributed by atoms with Crippen molar-refractivity contribution in [2.24, 2.45) is 4.99 Å². The number of amidine groups is 1. The van der Waals surface area contributed by atoms with Crippen LogP contribution in [-0.4, -0.2) is 37.2 Å². The molecule has 2 atom stereocenters. The first-order chi connectivity index (χ1) is 12.8. The van der Waals surface area contributed by atoms with Gasteiger partial charge in [-0.05, 0) is 29.8 Å². The molecule has 2 heterocycles. The minimum atomic E-state index is -3.17. The number of nitrogens with zero attached hydrogens (tertiary/aromatic N) is 2. The lowest BCUT2D eigenvalue weighted by atomic mass is 10.1. The van der Waals surface area contributed by atoms with E-state index < -0.39 is 15.7 Å². The van der Waals surface area contributed by atoms with Gasteiger partial charge in [-0.3, -0.25) is 4.99 Å². The molecule has 2 aromatic rings. The molecule has 2 unspecified atom stereocenters. The van der Waals surface area contributed by atoms with Gasteiger partial charge < -0.3 is 4.90 Å². The van der Waals surface area contributed by atoms with E-state index in [1.807, 2.05) is 6.07 Å². The van der Waals surface area contributed by atoms with Crippen LogP contribution in [0.1, 0.15) is 5.56 Å². The predicted molar refractivity (Wildman–Crippen MR) is 110 cm³/mol. The molecule has 0 N–H and O–H groups in total. The van der Waals surface area contributed by atoms with E-state index in [-0.39, 0.29) is 23.6 Å². The molecule has 1 fully saturated rings. The Balaban J connectivity index is 1.63. The Hall–Kier alpha value is -1.28. The Bertz CT molecular complexity index is 1030. The van der Waals surface area contributed by atoms with E-state index >= 15 is 0 Å². The fourth-order valence-electron chi connectivity index (χ4n) is 3.34. The number of anilines is 1. The fourth-order valence-corrected chi connectivity index (χ4v) is 6.56. The Morgan fingerprint density at radius 1 is 1.15 bits per heavy atom. The highest BCUT2D eigenvalue weighted by atomic mass is 35.5. The molecular formula is C18H15Cl2FN2O2S2. The maximum absolute atomic E-state index is 14.4. The monoisotopic (exact) mass is 444 g/mol. The van der Waals surface area contributed by atoms with Crippen LogP contribution >= 0.6 is 35.0 Å². The van der Waals surface area contributed by atoms with Gasteiger partial charge in [0.2, 0.25) is 0 Å². The van der Waals surface area contributed by atoms with Crippen molar-refractivity contribution in [3.8, 4) is 0 Å². The smallest absolute Gasteiger partial charge is 0.164 e. The molecule has 2 aromatic carbocycles. The molecule has 0 radical (unpaired) electrons. The maximum Gasteiger partial charge on any atom is 0.164 e. The first-order valence-electron chi connectivity index (χ1n) is 8.23. The van der Waals surface area contributed by atoms with Crippen LogP contribution in [0.3, 0.4) is 0 Å². The second-order valence-corrected chi connectivity index (χ2v) is 10.4. The zero-order valence-corrected chi connectivity index (χ0v) is 17.1. The van der Waals surface area contributed by atoms with Crippen LogP contribution in [-0.2, 0) is 15.6 Å². The molecule has 0 aliphatic carbocycles. The normalized spacial score (nSPS) is 23.4. The van der Waals surface area contributed by atoms with Gasteiger partial charge in [0, 0.05) is 5.75 Å². The number of rotatable bonds is 3. The zero-order chi connectivity index (χ0) is 19.2. The third-order valence-corrected chi connectivity index (χ3v) is 8.05. The highest BCUT2D eigenvalue weighted by molar-refractivity contribution is 8.13. The topological polar surface area (TPSA) is 49.7 Å². The quantitative estimate of drug-likeness (QED) is 0.703. The van der Waals surface area contributed by atoms with Crippen LogP contribution in [0.25, 0.3) is 0 Å². The van der Waals surface area contributed by atoms with Crippen LogP contribution in [0.5, 0.6) is 0 Å². The second-order valence-electron chi connectivity index (χ2n) is 6.48. The van der Waals surface area contributed by atoms with Crippen molar-refractivity contribution in [1.29, 1.82) is 0 Å². The van der Waals surface area contributed by atoms with Crippen molar-refractivity contribution < 1.29 is 12.8 Å². The van der Waals surface area contributed by atoms with Crippen LogP contribution in [0, 0.1) is 5.82 Å². The number of para-hydroxylation sites is 1. The lowest BCUT2D eigenvalue weighted by Gasteiger charge is -2.26. The van der Waals surface area contributed by atoms with Gasteiger partial charge in [0.05, 0.1) is 39.3 Å². The standard InChI is InChI=1S/C18H15Cl2FN2O2S2/c19-12-6-5-11(7-13(12)20)8-26-18-22-15-9-27(24,25)10-17(15)23(18)16-4-2-1-3-14(16)21/h1-7,15,17H,8-10H2. The van der Waals surface area contributed by atoms with Crippen LogP contribution in [0.2, 0.25) is 10.0 Å². The van der Waals surface area contributed by atoms with Gasteiger partial charge in [0.1, 0.15) is 5.82 Å². The van der Waals surface area contributed by atoms with Gasteiger partial charge in [0.15, 0.2) is 15.0 Å². The second kappa shape index (κ2) is 7.28. The van der Waals surface area contributed by atoms with E-state index in [0.29, 0.717) is 26.7 Å². The summed E-state index contributed by atoms with van der Waals surface area (Å²) in [6.45, 7) is 0. The van der Waals surface area contributed by atoms with E-state index in [2.05, 4.69) is 4.99 Å². The maximum atomic E-state index is 14.4. The number of halogens is 3. The largest absolute Gasteiger partial charge is 0.312 e. The summed E-state index contributed by atoms with van der Waals surface area (Å²) in [4.78, 5) is 6.33. The number of aliphatic imine (C=N–C) groups is 1. The number of sulfone groups is 1. The van der Waals surface area contributed by atoms with E-state index in [9.17, 15) is 12.8 Å². The molecule has 0 spiro atoms. The van der Waals surface area contributed by atoms with Gasteiger partial charge in [0.25, 0.3) is 0 Å². The van der Waals surface area contributed by atoms with Gasteiger partial charge in [-0.25, -0.2) is 12.8 Å². The summed E-state index contributed by atoms with van der Waals surface area (Å²) in [6.07, 6.45) is 0. The highest BCUT2D eigenvalue weighted by Crippen LogP contribution is 2.37. The van der Waals surface area contributed by atoms with Crippen LogP contribution in [0.15, 0.2) is 47.5 Å². The average Bonchev–Trinajstić information content (AvgIpc) is 3.08. The number of fused-ring (bicyclic) bond motifs is 1. The minimum Gasteiger partial charge on any atom is -0.312 e. The molecule has 2 aliphatic rings. The molecule has 0 amide bonds. The molecule has 9 heteroatoms. The van der Waals surface area contributed by atoms with Gasteiger partial charge in [-0.1, -0.05) is 53.2 Å². The van der Waals surface area contributed by atoms with Gasteiger partial charge in [-0.15, -0.1) is 0 Å². The first-order valence-corrected chi connectivity index (χ1v) is 11.8. The zero-order valence-electron chi connectivity index (χ0n) is 14.0. The minimum absolute atomic E-state index is 0.000543. The van der Waals surface area contributed by atoms with Crippen LogP contribution in [0.4, 0.5) is 10.1 Å². The fraction of sp³-hybridized carbons (Fsp3) is 0.278. The number of benzene rings is 2. The summed E-state index contributed by atoms with van der Waals surface area (Å²) in [5, 5.41) is 1.57. The molecule has 0 bridgehead atoms.